The smallest absolute Gasteiger partial charge is 0.152 e. The van der Waals surface area contributed by atoms with Crippen LogP contribution in [0.25, 0.3) is 5.52 Å². The number of rotatable bonds is 6. The molecule has 2 heterocycles. The van der Waals surface area contributed by atoms with Crippen LogP contribution in [-0.4, -0.2) is 32.1 Å². The predicted octanol–water partition coefficient (Wildman–Crippen LogP) is 3.41. The average molecular weight is 278 g/mol. The van der Waals surface area contributed by atoms with Gasteiger partial charge in [0.05, 0.1) is 5.69 Å². The summed E-state index contributed by atoms with van der Waals surface area (Å²) in [6.07, 6.45) is 3.70. The van der Waals surface area contributed by atoms with E-state index in [4.69, 9.17) is 0 Å². The molecule has 2 aromatic heterocycles. The minimum absolute atomic E-state index is 0.404. The maximum atomic E-state index is 4.57. The summed E-state index contributed by atoms with van der Waals surface area (Å²) in [5.41, 5.74) is 2.16. The first-order chi connectivity index (χ1) is 9.11. The third kappa shape index (κ3) is 3.41. The summed E-state index contributed by atoms with van der Waals surface area (Å²) in [7, 11) is 0. The van der Waals surface area contributed by atoms with Crippen LogP contribution in [-0.2, 0) is 0 Å². The van der Waals surface area contributed by atoms with Crippen LogP contribution in [0.2, 0.25) is 0 Å². The predicted molar refractivity (Wildman–Crippen MR) is 83.2 cm³/mol. The van der Waals surface area contributed by atoms with Gasteiger partial charge in [0, 0.05) is 24.2 Å². The summed E-state index contributed by atoms with van der Waals surface area (Å²) < 4.78 is 1.91. The van der Waals surface area contributed by atoms with Crippen molar-refractivity contribution < 1.29 is 0 Å². The van der Waals surface area contributed by atoms with Crippen molar-refractivity contribution in [3.8, 4) is 0 Å². The van der Waals surface area contributed by atoms with Gasteiger partial charge in [-0.05, 0) is 24.7 Å². The van der Waals surface area contributed by atoms with Crippen LogP contribution < -0.4 is 5.32 Å². The Hall–Kier alpha value is -1.23. The molecule has 0 bridgehead atoms. The Kier molecular flexibility index (Phi) is 4.69. The van der Waals surface area contributed by atoms with Crippen LogP contribution >= 0.6 is 11.8 Å². The van der Waals surface area contributed by atoms with Crippen molar-refractivity contribution in [2.45, 2.75) is 39.7 Å². The van der Waals surface area contributed by atoms with Crippen molar-refractivity contribution >= 4 is 23.1 Å². The molecular weight excluding hydrogens is 256 g/mol. The molecule has 0 spiro atoms. The molecule has 0 amide bonds. The molecule has 0 aliphatic carbocycles. The lowest BCUT2D eigenvalue weighted by molar-refractivity contribution is 0.786. The second kappa shape index (κ2) is 6.28. The first kappa shape index (κ1) is 14.2. The van der Waals surface area contributed by atoms with Gasteiger partial charge in [0.25, 0.3) is 0 Å². The Bertz CT molecular complexity index is 535. The molecule has 4 nitrogen and oxygen atoms in total. The largest absolute Gasteiger partial charge is 0.365 e. The molecule has 2 rings (SSSR count). The molecule has 1 unspecified atom stereocenters. The third-order valence-corrected chi connectivity index (χ3v) is 4.10. The lowest BCUT2D eigenvalue weighted by Gasteiger charge is -2.14. The monoisotopic (exact) mass is 278 g/mol. The molecule has 0 radical (unpaired) electrons. The molecule has 0 saturated carbocycles. The molecule has 0 aromatic carbocycles. The average Bonchev–Trinajstić information content (AvgIpc) is 2.81. The number of hydrogen-bond acceptors (Lipinski definition) is 4. The summed E-state index contributed by atoms with van der Waals surface area (Å²) in [4.78, 5) is 4.45. The second-order valence-corrected chi connectivity index (χ2v) is 6.35. The fraction of sp³-hybridized carbons (Fsp3) is 0.571. The number of thioether (sulfide) groups is 1. The number of hydrogen-bond donors (Lipinski definition) is 1. The molecule has 1 atom stereocenters. The van der Waals surface area contributed by atoms with E-state index in [9.17, 15) is 0 Å². The zero-order valence-electron chi connectivity index (χ0n) is 12.1. The summed E-state index contributed by atoms with van der Waals surface area (Å²) in [5, 5.41) is 8.05. The van der Waals surface area contributed by atoms with E-state index in [-0.39, 0.29) is 0 Å². The Morgan fingerprint density at radius 3 is 2.84 bits per heavy atom. The highest BCUT2D eigenvalue weighted by atomic mass is 32.2. The molecule has 1 N–H and O–H groups in total. The van der Waals surface area contributed by atoms with Crippen LogP contribution in [0, 0.1) is 0 Å². The van der Waals surface area contributed by atoms with E-state index in [1.807, 2.05) is 22.5 Å². The first-order valence-electron chi connectivity index (χ1n) is 6.80. The van der Waals surface area contributed by atoms with Gasteiger partial charge in [-0.25, -0.2) is 9.50 Å². The van der Waals surface area contributed by atoms with Crippen molar-refractivity contribution in [1.29, 1.82) is 0 Å². The van der Waals surface area contributed by atoms with Gasteiger partial charge in [-0.1, -0.05) is 20.8 Å². The summed E-state index contributed by atoms with van der Waals surface area (Å²) in [6, 6.07) is 2.53. The van der Waals surface area contributed by atoms with E-state index in [1.54, 1.807) is 6.20 Å². The minimum Gasteiger partial charge on any atom is -0.365 e. The Morgan fingerprint density at radius 2 is 2.16 bits per heavy atom. The molecule has 2 aromatic rings. The van der Waals surface area contributed by atoms with Crippen LogP contribution in [0.4, 0.5) is 5.82 Å². The van der Waals surface area contributed by atoms with Gasteiger partial charge >= 0.3 is 0 Å². The van der Waals surface area contributed by atoms with E-state index in [0.29, 0.717) is 12.0 Å². The van der Waals surface area contributed by atoms with Crippen molar-refractivity contribution in [2.75, 3.05) is 16.8 Å². The highest BCUT2D eigenvalue weighted by Gasteiger charge is 2.11. The van der Waals surface area contributed by atoms with Gasteiger partial charge in [-0.2, -0.15) is 16.9 Å². The van der Waals surface area contributed by atoms with Crippen molar-refractivity contribution in [2.24, 2.45) is 0 Å². The summed E-state index contributed by atoms with van der Waals surface area (Å²) in [6.45, 7) is 8.68. The Morgan fingerprint density at radius 1 is 1.37 bits per heavy atom. The van der Waals surface area contributed by atoms with Crippen molar-refractivity contribution in [3.63, 3.8) is 0 Å². The maximum Gasteiger partial charge on any atom is 0.152 e. The number of fused-ring (bicyclic) bond motifs is 1. The lowest BCUT2D eigenvalue weighted by atomic mass is 10.1. The zero-order chi connectivity index (χ0) is 13.8. The molecule has 0 aliphatic rings. The van der Waals surface area contributed by atoms with Gasteiger partial charge < -0.3 is 5.32 Å². The van der Waals surface area contributed by atoms with Crippen LogP contribution in [0.5, 0.6) is 0 Å². The normalized spacial score (nSPS) is 13.1. The van der Waals surface area contributed by atoms with Gasteiger partial charge in [-0.15, -0.1) is 0 Å². The van der Waals surface area contributed by atoms with Crippen molar-refractivity contribution in [1.82, 2.24) is 14.6 Å². The third-order valence-electron chi connectivity index (χ3n) is 2.96. The number of nitrogens with one attached hydrogen (secondary N) is 1. The number of aromatic nitrogens is 3. The molecule has 104 valence electrons. The van der Waals surface area contributed by atoms with Crippen molar-refractivity contribution in [3.05, 3.63) is 24.2 Å². The Balaban J connectivity index is 2.22. The Labute approximate surface area is 119 Å². The van der Waals surface area contributed by atoms with E-state index >= 15 is 0 Å². The fourth-order valence-electron chi connectivity index (χ4n) is 1.90. The van der Waals surface area contributed by atoms with Gasteiger partial charge in [0.15, 0.2) is 5.82 Å². The van der Waals surface area contributed by atoms with Gasteiger partial charge in [0.2, 0.25) is 0 Å². The summed E-state index contributed by atoms with van der Waals surface area (Å²) >= 11 is 1.94. The molecule has 0 saturated heterocycles. The van der Waals surface area contributed by atoms with Crippen LogP contribution in [0.3, 0.4) is 0 Å². The second-order valence-electron chi connectivity index (χ2n) is 5.03. The number of nitrogens with zero attached hydrogens (tertiary/aromatic N) is 3. The van der Waals surface area contributed by atoms with E-state index in [0.717, 1.165) is 28.5 Å². The van der Waals surface area contributed by atoms with E-state index in [2.05, 4.69) is 49.2 Å². The fourth-order valence-corrected chi connectivity index (χ4v) is 2.58. The first-order valence-corrected chi connectivity index (χ1v) is 7.95. The highest BCUT2D eigenvalue weighted by Crippen LogP contribution is 2.20. The zero-order valence-corrected chi connectivity index (χ0v) is 12.9. The quantitative estimate of drug-likeness (QED) is 0.879. The molecular formula is C14H22N4S. The molecule has 5 heteroatoms. The molecule has 0 fully saturated rings. The highest BCUT2D eigenvalue weighted by molar-refractivity contribution is 7.99. The SMILES string of the molecule is CCSCC(C)Nc1nccn2nc(C(C)C)cc12. The number of anilines is 1. The standard InChI is InChI=1S/C14H22N4S/c1-5-19-9-11(4)16-14-13-8-12(10(2)3)17-18(13)7-6-15-14/h6-8,10-11H,5,9H2,1-4H3,(H,15,16). The van der Waals surface area contributed by atoms with Crippen LogP contribution in [0.15, 0.2) is 18.5 Å². The maximum absolute atomic E-state index is 4.57. The molecule has 0 aliphatic heterocycles. The topological polar surface area (TPSA) is 42.2 Å². The van der Waals surface area contributed by atoms with Gasteiger partial charge in [0.1, 0.15) is 5.52 Å². The lowest BCUT2D eigenvalue weighted by Crippen LogP contribution is -2.19. The minimum atomic E-state index is 0.404. The summed E-state index contributed by atoms with van der Waals surface area (Å²) in [5.74, 6) is 3.59. The van der Waals surface area contributed by atoms with Crippen LogP contribution in [0.1, 0.15) is 39.3 Å². The van der Waals surface area contributed by atoms with Gasteiger partial charge in [-0.3, -0.25) is 0 Å². The molecule has 19 heavy (non-hydrogen) atoms. The van der Waals surface area contributed by atoms with E-state index < -0.39 is 0 Å². The van der Waals surface area contributed by atoms with E-state index in [1.165, 1.54) is 0 Å².